The van der Waals surface area contributed by atoms with Crippen LogP contribution in [0, 0.1) is 12.8 Å². The zero-order valence-electron chi connectivity index (χ0n) is 20.5. The molecule has 4 heterocycles. The minimum Gasteiger partial charge on any atom is -0.389 e. The van der Waals surface area contributed by atoms with Crippen molar-refractivity contribution in [3.8, 4) is 0 Å². The fourth-order valence-electron chi connectivity index (χ4n) is 4.71. The average Bonchev–Trinajstić information content (AvgIpc) is 3.43. The second-order valence-electron chi connectivity index (χ2n) is 9.45. The molecule has 10 heteroatoms. The van der Waals surface area contributed by atoms with E-state index in [4.69, 9.17) is 0 Å². The zero-order chi connectivity index (χ0) is 25.0. The predicted molar refractivity (Wildman–Crippen MR) is 132 cm³/mol. The van der Waals surface area contributed by atoms with Crippen LogP contribution in [0.15, 0.2) is 43.5 Å². The molecule has 35 heavy (non-hydrogen) atoms. The van der Waals surface area contributed by atoms with Crippen LogP contribution in [0.25, 0.3) is 11.5 Å². The van der Waals surface area contributed by atoms with Gasteiger partial charge in [-0.3, -0.25) is 4.68 Å². The van der Waals surface area contributed by atoms with Crippen LogP contribution >= 0.6 is 0 Å². The molecule has 2 aliphatic rings. The number of imidazole rings is 1. The van der Waals surface area contributed by atoms with Gasteiger partial charge >= 0.3 is 0 Å². The van der Waals surface area contributed by atoms with Crippen LogP contribution in [0.5, 0.6) is 0 Å². The Bertz CT molecular complexity index is 1170. The van der Waals surface area contributed by atoms with Gasteiger partial charge in [-0.2, -0.15) is 10.2 Å². The van der Waals surface area contributed by atoms with Crippen LogP contribution in [0.3, 0.4) is 0 Å². The summed E-state index contributed by atoms with van der Waals surface area (Å²) in [5, 5.41) is 15.1. The second kappa shape index (κ2) is 10.5. The minimum atomic E-state index is -2.66. The van der Waals surface area contributed by atoms with E-state index in [0.717, 1.165) is 17.9 Å². The molecule has 2 unspecified atom stereocenters. The van der Waals surface area contributed by atoms with Gasteiger partial charge in [0, 0.05) is 38.3 Å². The molecule has 2 N–H and O–H groups in total. The Hall–Kier alpha value is -3.30. The summed E-state index contributed by atoms with van der Waals surface area (Å²) in [4.78, 5) is 8.83. The number of aryl methyl sites for hydroxylation is 2. The molecule has 0 radical (unpaired) electrons. The standard InChI is InChI=1S/C19H23F2N7.C6H11N/c1-12-10-22-18-25-15(11-28(18)26-12)17(14-5-4-7-19(20,21)9-14)24-13(2)16-6-8-23-27(16)3;1-6-4-2-3-5-7-6/h6,8,10-11,14,17,24H,2,4-5,7,9H2,1,3H3;7H,1-5H2. The Balaban J connectivity index is 0.000000356. The molecule has 188 valence electrons. The summed E-state index contributed by atoms with van der Waals surface area (Å²) < 4.78 is 31.6. The van der Waals surface area contributed by atoms with Crippen molar-refractivity contribution in [1.82, 2.24) is 40.0 Å². The molecule has 0 spiro atoms. The molecule has 0 aromatic carbocycles. The predicted octanol–water partition coefficient (Wildman–Crippen LogP) is 4.57. The number of alkyl halides is 2. The van der Waals surface area contributed by atoms with Crippen molar-refractivity contribution < 1.29 is 8.78 Å². The third-order valence-electron chi connectivity index (χ3n) is 6.53. The highest BCUT2D eigenvalue weighted by Crippen LogP contribution is 2.42. The molecule has 1 saturated heterocycles. The first-order valence-corrected chi connectivity index (χ1v) is 12.1. The molecule has 5 rings (SSSR count). The van der Waals surface area contributed by atoms with Gasteiger partial charge in [0.05, 0.1) is 41.2 Å². The topological polar surface area (TPSA) is 85.0 Å². The Labute approximate surface area is 204 Å². The lowest BCUT2D eigenvalue weighted by molar-refractivity contribution is -0.0577. The van der Waals surface area contributed by atoms with Crippen LogP contribution in [0.1, 0.15) is 68.1 Å². The first kappa shape index (κ1) is 24.8. The number of fused-ring (bicyclic) bond motifs is 1. The molecular weight excluding hydrogens is 450 g/mol. The van der Waals surface area contributed by atoms with Crippen molar-refractivity contribution in [3.63, 3.8) is 0 Å². The maximum Gasteiger partial charge on any atom is 0.250 e. The van der Waals surface area contributed by atoms with Crippen LogP contribution in [-0.4, -0.2) is 41.8 Å². The number of hydrogen-bond acceptors (Lipinski definition) is 6. The normalized spacial score (nSPS) is 20.5. The molecule has 1 saturated carbocycles. The van der Waals surface area contributed by atoms with Gasteiger partial charge in [0.25, 0.3) is 5.78 Å². The molecule has 2 fully saturated rings. The molecule has 1 aliphatic heterocycles. The molecule has 3 aromatic rings. The van der Waals surface area contributed by atoms with Gasteiger partial charge in [-0.15, -0.1) is 0 Å². The van der Waals surface area contributed by atoms with Crippen molar-refractivity contribution in [2.45, 2.75) is 63.8 Å². The largest absolute Gasteiger partial charge is 0.389 e. The monoisotopic (exact) mass is 484 g/mol. The summed E-state index contributed by atoms with van der Waals surface area (Å²) >= 11 is 0. The van der Waals surface area contributed by atoms with Gasteiger partial charge < -0.3 is 10.6 Å². The van der Waals surface area contributed by atoms with E-state index in [-0.39, 0.29) is 18.8 Å². The number of nitrogens with one attached hydrogen (secondary N) is 2. The quantitative estimate of drug-likeness (QED) is 0.552. The van der Waals surface area contributed by atoms with E-state index in [1.54, 1.807) is 27.8 Å². The minimum absolute atomic E-state index is 0.0631. The van der Waals surface area contributed by atoms with Crippen LogP contribution in [-0.2, 0) is 7.05 Å². The number of rotatable bonds is 5. The van der Waals surface area contributed by atoms with E-state index in [2.05, 4.69) is 44.0 Å². The third-order valence-corrected chi connectivity index (χ3v) is 6.53. The van der Waals surface area contributed by atoms with Crippen molar-refractivity contribution >= 4 is 11.5 Å². The molecule has 8 nitrogen and oxygen atoms in total. The van der Waals surface area contributed by atoms with E-state index in [9.17, 15) is 8.78 Å². The number of piperidine rings is 1. The van der Waals surface area contributed by atoms with Gasteiger partial charge in [0.15, 0.2) is 0 Å². The highest BCUT2D eigenvalue weighted by Gasteiger charge is 2.40. The maximum atomic E-state index is 14.1. The number of nitrogens with zero attached hydrogens (tertiary/aromatic N) is 6. The van der Waals surface area contributed by atoms with Crippen molar-refractivity contribution in [2.24, 2.45) is 13.0 Å². The molecule has 3 aromatic heterocycles. The van der Waals surface area contributed by atoms with E-state index in [1.807, 2.05) is 20.0 Å². The smallest absolute Gasteiger partial charge is 0.250 e. The van der Waals surface area contributed by atoms with Gasteiger partial charge in [0.1, 0.15) is 0 Å². The number of aromatic nitrogens is 6. The average molecular weight is 485 g/mol. The molecule has 0 amide bonds. The number of halogens is 2. The van der Waals surface area contributed by atoms with Crippen LogP contribution < -0.4 is 10.6 Å². The number of allylic oxidation sites excluding steroid dienone is 1. The summed E-state index contributed by atoms with van der Waals surface area (Å²) in [6, 6.07) is 1.41. The lowest BCUT2D eigenvalue weighted by Crippen LogP contribution is -2.35. The highest BCUT2D eigenvalue weighted by molar-refractivity contribution is 5.58. The first-order valence-electron chi connectivity index (χ1n) is 12.1. The second-order valence-corrected chi connectivity index (χ2v) is 9.45. The van der Waals surface area contributed by atoms with E-state index in [0.29, 0.717) is 30.0 Å². The Morgan fingerprint density at radius 3 is 2.77 bits per heavy atom. The lowest BCUT2D eigenvalue weighted by atomic mass is 9.80. The number of hydrogen-bond donors (Lipinski definition) is 2. The van der Waals surface area contributed by atoms with Crippen molar-refractivity contribution in [1.29, 1.82) is 0 Å². The van der Waals surface area contributed by atoms with Crippen LogP contribution in [0.2, 0.25) is 0 Å². The van der Waals surface area contributed by atoms with Crippen molar-refractivity contribution in [3.05, 3.63) is 60.6 Å². The van der Waals surface area contributed by atoms with Crippen LogP contribution in [0.4, 0.5) is 8.78 Å². The SMILES string of the molecule is C=C(NC(c1cn2nc(C)cnc2n1)C1CCCC(F)(F)C1)c1ccnn1C.C=C1CCCCN1. The van der Waals surface area contributed by atoms with Gasteiger partial charge in [-0.05, 0) is 51.0 Å². The maximum absolute atomic E-state index is 14.1. The summed E-state index contributed by atoms with van der Waals surface area (Å²) in [7, 11) is 1.81. The summed E-state index contributed by atoms with van der Waals surface area (Å²) in [6.45, 7) is 10.9. The van der Waals surface area contributed by atoms with E-state index in [1.165, 1.54) is 25.0 Å². The Morgan fingerprint density at radius 2 is 2.14 bits per heavy atom. The lowest BCUT2D eigenvalue weighted by Gasteiger charge is -2.34. The van der Waals surface area contributed by atoms with Gasteiger partial charge in [0.2, 0.25) is 5.92 Å². The van der Waals surface area contributed by atoms with E-state index >= 15 is 0 Å². The highest BCUT2D eigenvalue weighted by atomic mass is 19.3. The van der Waals surface area contributed by atoms with Gasteiger partial charge in [-0.1, -0.05) is 13.2 Å². The fourth-order valence-corrected chi connectivity index (χ4v) is 4.71. The zero-order valence-corrected chi connectivity index (χ0v) is 20.5. The molecular formula is C25H34F2N8. The Morgan fingerprint density at radius 1 is 1.31 bits per heavy atom. The van der Waals surface area contributed by atoms with Gasteiger partial charge in [-0.25, -0.2) is 23.3 Å². The van der Waals surface area contributed by atoms with Crippen molar-refractivity contribution in [2.75, 3.05) is 6.54 Å². The summed E-state index contributed by atoms with van der Waals surface area (Å²) in [6.07, 6.45) is 9.83. The first-order chi connectivity index (χ1) is 16.7. The molecule has 1 aliphatic carbocycles. The summed E-state index contributed by atoms with van der Waals surface area (Å²) in [5.74, 6) is -2.50. The third kappa shape index (κ3) is 6.23. The molecule has 0 bridgehead atoms. The fraction of sp³-hybridized carbons (Fsp3) is 0.520. The Kier molecular flexibility index (Phi) is 7.47. The molecule has 2 atom stereocenters. The van der Waals surface area contributed by atoms with E-state index < -0.39 is 12.0 Å². The summed E-state index contributed by atoms with van der Waals surface area (Å²) in [5.41, 5.74) is 4.02.